The fraction of sp³-hybridized carbons (Fsp3) is 0.423. The number of aromatic nitrogens is 4. The highest BCUT2D eigenvalue weighted by Gasteiger charge is 2.31. The Labute approximate surface area is 208 Å². The Balaban J connectivity index is 1.10. The standard InChI is InChI=1S/C26H28N6O2S/c33-24(15-19-16-35-26-28-22-6-4-5-20(22)25(34)32(19)26)27-18-9-7-17(8-10-18)21-11-12-23(30-29-21)31-13-2-1-3-14-31/h7-12,19H,1-6,13-16H2,(H,27,33). The van der Waals surface area contributed by atoms with Crippen LogP contribution < -0.4 is 15.8 Å². The van der Waals surface area contributed by atoms with Crippen LogP contribution in [0.3, 0.4) is 0 Å². The van der Waals surface area contributed by atoms with Crippen molar-refractivity contribution in [2.45, 2.75) is 56.1 Å². The van der Waals surface area contributed by atoms with Crippen molar-refractivity contribution in [3.05, 3.63) is 58.0 Å². The molecule has 35 heavy (non-hydrogen) atoms. The Morgan fingerprint density at radius 1 is 1.00 bits per heavy atom. The number of fused-ring (bicyclic) bond motifs is 2. The molecule has 0 spiro atoms. The number of hydrogen-bond acceptors (Lipinski definition) is 7. The zero-order valence-electron chi connectivity index (χ0n) is 19.6. The molecule has 1 N–H and O–H groups in total. The molecule has 6 rings (SSSR count). The lowest BCUT2D eigenvalue weighted by Crippen LogP contribution is -2.30. The number of carbonyl (C=O) groups is 1. The van der Waals surface area contributed by atoms with Gasteiger partial charge in [-0.05, 0) is 62.8 Å². The summed E-state index contributed by atoms with van der Waals surface area (Å²) in [6.07, 6.45) is 6.62. The molecule has 1 amide bonds. The molecule has 1 aliphatic carbocycles. The van der Waals surface area contributed by atoms with Crippen LogP contribution >= 0.6 is 11.8 Å². The van der Waals surface area contributed by atoms with Gasteiger partial charge >= 0.3 is 0 Å². The maximum absolute atomic E-state index is 13.0. The van der Waals surface area contributed by atoms with E-state index in [1.807, 2.05) is 36.4 Å². The molecular formula is C26H28N6O2S. The minimum atomic E-state index is -0.158. The molecule has 3 aromatic rings. The topological polar surface area (TPSA) is 93.0 Å². The van der Waals surface area contributed by atoms with Crippen LogP contribution in [0.25, 0.3) is 11.3 Å². The molecule has 1 atom stereocenters. The van der Waals surface area contributed by atoms with Crippen molar-refractivity contribution in [3.8, 4) is 11.3 Å². The van der Waals surface area contributed by atoms with Gasteiger partial charge in [-0.25, -0.2) is 4.98 Å². The second-order valence-electron chi connectivity index (χ2n) is 9.47. The van der Waals surface area contributed by atoms with Crippen molar-refractivity contribution in [3.63, 3.8) is 0 Å². The Kier molecular flexibility index (Phi) is 6.01. The number of hydrogen-bond donors (Lipinski definition) is 1. The SMILES string of the molecule is O=C(CC1CSc2nc3c(c(=O)n21)CCC3)Nc1ccc(-c2ccc(N3CCCCC3)nn2)cc1. The first kappa shape index (κ1) is 22.3. The van der Waals surface area contributed by atoms with Crippen LogP contribution in [0.5, 0.6) is 0 Å². The summed E-state index contributed by atoms with van der Waals surface area (Å²) in [6.45, 7) is 2.09. The fourth-order valence-corrected chi connectivity index (χ4v) is 6.38. The average Bonchev–Trinajstić information content (AvgIpc) is 3.53. The Bertz CT molecular complexity index is 1300. The van der Waals surface area contributed by atoms with Gasteiger partial charge in [0.25, 0.3) is 5.56 Å². The van der Waals surface area contributed by atoms with Crippen molar-refractivity contribution in [2.75, 3.05) is 29.1 Å². The minimum Gasteiger partial charge on any atom is -0.355 e. The van der Waals surface area contributed by atoms with E-state index in [0.29, 0.717) is 5.75 Å². The van der Waals surface area contributed by atoms with Gasteiger partial charge in [0.2, 0.25) is 5.91 Å². The number of anilines is 2. The number of carbonyl (C=O) groups excluding carboxylic acids is 1. The van der Waals surface area contributed by atoms with Gasteiger partial charge in [0.1, 0.15) is 0 Å². The Morgan fingerprint density at radius 3 is 2.60 bits per heavy atom. The molecule has 0 bridgehead atoms. The summed E-state index contributed by atoms with van der Waals surface area (Å²) in [7, 11) is 0. The first-order chi connectivity index (χ1) is 17.2. The third kappa shape index (κ3) is 4.45. The van der Waals surface area contributed by atoms with E-state index < -0.39 is 0 Å². The first-order valence-electron chi connectivity index (χ1n) is 12.4. The molecule has 9 heteroatoms. The number of piperidine rings is 1. The summed E-state index contributed by atoms with van der Waals surface area (Å²) in [5.41, 5.74) is 4.31. The van der Waals surface area contributed by atoms with Crippen molar-refractivity contribution >= 4 is 29.2 Å². The summed E-state index contributed by atoms with van der Waals surface area (Å²) in [6, 6.07) is 11.5. The van der Waals surface area contributed by atoms with Gasteiger partial charge in [0.05, 0.1) is 17.4 Å². The molecular weight excluding hydrogens is 460 g/mol. The highest BCUT2D eigenvalue weighted by molar-refractivity contribution is 7.99. The number of benzene rings is 1. The molecule has 180 valence electrons. The maximum atomic E-state index is 13.0. The van der Waals surface area contributed by atoms with Gasteiger partial charge in [-0.15, -0.1) is 10.2 Å². The van der Waals surface area contributed by atoms with Crippen LogP contribution in [-0.4, -0.2) is 44.5 Å². The van der Waals surface area contributed by atoms with E-state index in [-0.39, 0.29) is 23.9 Å². The van der Waals surface area contributed by atoms with Crippen molar-refractivity contribution in [2.24, 2.45) is 0 Å². The second-order valence-corrected chi connectivity index (χ2v) is 10.5. The lowest BCUT2D eigenvalue weighted by molar-refractivity contribution is -0.116. The van der Waals surface area contributed by atoms with Crippen LogP contribution in [-0.2, 0) is 17.6 Å². The zero-order chi connectivity index (χ0) is 23.8. The predicted octanol–water partition coefficient (Wildman–Crippen LogP) is 3.85. The van der Waals surface area contributed by atoms with E-state index in [1.165, 1.54) is 19.3 Å². The fourth-order valence-electron chi connectivity index (χ4n) is 5.22. The smallest absolute Gasteiger partial charge is 0.257 e. The number of aryl methyl sites for hydroxylation is 1. The second kappa shape index (κ2) is 9.45. The Morgan fingerprint density at radius 2 is 1.83 bits per heavy atom. The van der Waals surface area contributed by atoms with Crippen LogP contribution in [0, 0.1) is 0 Å². The molecule has 8 nitrogen and oxygen atoms in total. The van der Waals surface area contributed by atoms with E-state index >= 15 is 0 Å². The van der Waals surface area contributed by atoms with Gasteiger partial charge in [-0.3, -0.25) is 14.2 Å². The largest absolute Gasteiger partial charge is 0.355 e. The van der Waals surface area contributed by atoms with E-state index in [4.69, 9.17) is 0 Å². The average molecular weight is 489 g/mol. The van der Waals surface area contributed by atoms with E-state index in [9.17, 15) is 9.59 Å². The number of amides is 1. The van der Waals surface area contributed by atoms with Gasteiger partial charge in [-0.2, -0.15) is 0 Å². The summed E-state index contributed by atoms with van der Waals surface area (Å²) >= 11 is 1.57. The number of nitrogens with one attached hydrogen (secondary N) is 1. The monoisotopic (exact) mass is 488 g/mol. The Hall–Kier alpha value is -3.20. The normalized spacial score (nSPS) is 18.9. The highest BCUT2D eigenvalue weighted by atomic mass is 32.2. The van der Waals surface area contributed by atoms with E-state index in [2.05, 4.69) is 25.4 Å². The van der Waals surface area contributed by atoms with Crippen LogP contribution in [0.2, 0.25) is 0 Å². The number of nitrogens with zero attached hydrogens (tertiary/aromatic N) is 5. The van der Waals surface area contributed by atoms with Crippen molar-refractivity contribution in [1.29, 1.82) is 0 Å². The zero-order valence-corrected chi connectivity index (χ0v) is 20.4. The summed E-state index contributed by atoms with van der Waals surface area (Å²) in [5, 5.41) is 12.6. The molecule has 1 saturated heterocycles. The van der Waals surface area contributed by atoms with Gasteiger partial charge in [-0.1, -0.05) is 23.9 Å². The van der Waals surface area contributed by atoms with Crippen molar-refractivity contribution < 1.29 is 4.79 Å². The first-order valence-corrected chi connectivity index (χ1v) is 13.4. The third-order valence-corrected chi connectivity index (χ3v) is 8.19. The summed E-state index contributed by atoms with van der Waals surface area (Å²) < 4.78 is 1.74. The van der Waals surface area contributed by atoms with Gasteiger partial charge in [0, 0.05) is 42.1 Å². The molecule has 2 aromatic heterocycles. The van der Waals surface area contributed by atoms with Crippen LogP contribution in [0.1, 0.15) is 49.4 Å². The van der Waals surface area contributed by atoms with Crippen LogP contribution in [0.15, 0.2) is 46.3 Å². The molecule has 2 aliphatic heterocycles. The molecule has 1 fully saturated rings. The van der Waals surface area contributed by atoms with E-state index in [0.717, 1.165) is 71.5 Å². The number of rotatable bonds is 5. The lowest BCUT2D eigenvalue weighted by atomic mass is 10.1. The molecule has 1 unspecified atom stereocenters. The molecule has 3 aliphatic rings. The summed E-state index contributed by atoms with van der Waals surface area (Å²) in [5.74, 6) is 1.53. The molecule has 4 heterocycles. The van der Waals surface area contributed by atoms with E-state index in [1.54, 1.807) is 16.3 Å². The van der Waals surface area contributed by atoms with Crippen LogP contribution in [0.4, 0.5) is 11.5 Å². The van der Waals surface area contributed by atoms with Gasteiger partial charge in [0.15, 0.2) is 11.0 Å². The molecule has 1 aromatic carbocycles. The third-order valence-electron chi connectivity index (χ3n) is 7.09. The van der Waals surface area contributed by atoms with Crippen molar-refractivity contribution in [1.82, 2.24) is 19.7 Å². The lowest BCUT2D eigenvalue weighted by Gasteiger charge is -2.27. The quantitative estimate of drug-likeness (QED) is 0.545. The highest BCUT2D eigenvalue weighted by Crippen LogP contribution is 2.34. The molecule has 0 saturated carbocycles. The summed E-state index contributed by atoms with van der Waals surface area (Å²) in [4.78, 5) is 32.7. The predicted molar refractivity (Wildman–Crippen MR) is 137 cm³/mol. The van der Waals surface area contributed by atoms with Gasteiger partial charge < -0.3 is 10.2 Å². The maximum Gasteiger partial charge on any atom is 0.257 e. The minimum absolute atomic E-state index is 0.0436. The molecule has 0 radical (unpaired) electrons. The number of thioether (sulfide) groups is 1.